The number of rotatable bonds is 8. The van der Waals surface area contributed by atoms with Crippen LogP contribution in [0.2, 0.25) is 0 Å². The lowest BCUT2D eigenvalue weighted by Crippen LogP contribution is -2.22. The number of benzene rings is 2. The van der Waals surface area contributed by atoms with E-state index in [1.54, 1.807) is 24.3 Å². The molecule has 172 valence electrons. The lowest BCUT2D eigenvalue weighted by atomic mass is 10.1. The van der Waals surface area contributed by atoms with Crippen molar-refractivity contribution in [3.05, 3.63) is 72.4 Å². The molecule has 0 unspecified atom stereocenters. The molecule has 0 fully saturated rings. The van der Waals surface area contributed by atoms with Crippen molar-refractivity contribution in [2.24, 2.45) is 0 Å². The number of aryl methyl sites for hydroxylation is 1. The summed E-state index contributed by atoms with van der Waals surface area (Å²) in [5.41, 5.74) is 2.82. The maximum Gasteiger partial charge on any atom is 0.375 e. The fourth-order valence-electron chi connectivity index (χ4n) is 3.62. The van der Waals surface area contributed by atoms with Gasteiger partial charge in [-0.25, -0.2) is 22.5 Å². The Balaban J connectivity index is 1.62. The third-order valence-electron chi connectivity index (χ3n) is 5.29. The molecule has 2 aromatic carbocycles. The molecule has 0 atom stereocenters. The molecule has 0 aliphatic rings. The number of fused-ring (bicyclic) bond motifs is 1. The zero-order valence-electron chi connectivity index (χ0n) is 18.7. The largest absolute Gasteiger partial charge is 0.457 e. The van der Waals surface area contributed by atoms with Crippen LogP contribution in [0, 0.1) is 0 Å². The Labute approximate surface area is 192 Å². The second kappa shape index (κ2) is 9.21. The standard InChI is InChI=1S/C24H25N3O5S/c1-4-13-27-21-11-10-18(33(29,30)26(2)3)15-20(21)25-22(27)16-32-24(28)23-19(12-14-31-23)17-8-6-5-7-9-17/h5-12,14-15H,4,13,16H2,1-3H3. The Morgan fingerprint density at radius 3 is 2.58 bits per heavy atom. The molecule has 4 aromatic rings. The third kappa shape index (κ3) is 4.42. The molecule has 33 heavy (non-hydrogen) atoms. The van der Waals surface area contributed by atoms with Crippen molar-refractivity contribution in [3.8, 4) is 11.1 Å². The maximum absolute atomic E-state index is 12.8. The van der Waals surface area contributed by atoms with E-state index in [1.807, 2.05) is 41.8 Å². The highest BCUT2D eigenvalue weighted by Gasteiger charge is 2.22. The van der Waals surface area contributed by atoms with Gasteiger partial charge in [-0.1, -0.05) is 37.3 Å². The number of sulfonamides is 1. The van der Waals surface area contributed by atoms with Crippen molar-refractivity contribution in [1.82, 2.24) is 13.9 Å². The topological polar surface area (TPSA) is 94.6 Å². The highest BCUT2D eigenvalue weighted by atomic mass is 32.2. The summed E-state index contributed by atoms with van der Waals surface area (Å²) in [6, 6.07) is 16.0. The lowest BCUT2D eigenvalue weighted by Gasteiger charge is -2.11. The van der Waals surface area contributed by atoms with Gasteiger partial charge in [-0.3, -0.25) is 0 Å². The molecule has 0 N–H and O–H groups in total. The fourth-order valence-corrected chi connectivity index (χ4v) is 4.54. The number of carbonyl (C=O) groups is 1. The van der Waals surface area contributed by atoms with Crippen LogP contribution in [0.1, 0.15) is 29.7 Å². The van der Waals surface area contributed by atoms with E-state index in [4.69, 9.17) is 9.15 Å². The first-order valence-electron chi connectivity index (χ1n) is 10.5. The Kier molecular flexibility index (Phi) is 6.35. The van der Waals surface area contributed by atoms with E-state index in [0.717, 1.165) is 21.8 Å². The van der Waals surface area contributed by atoms with Crippen LogP contribution >= 0.6 is 0 Å². The summed E-state index contributed by atoms with van der Waals surface area (Å²) >= 11 is 0. The summed E-state index contributed by atoms with van der Waals surface area (Å²) in [6.45, 7) is 2.61. The monoisotopic (exact) mass is 467 g/mol. The van der Waals surface area contributed by atoms with Crippen molar-refractivity contribution in [1.29, 1.82) is 0 Å². The number of hydrogen-bond donors (Lipinski definition) is 0. The first-order chi connectivity index (χ1) is 15.8. The fraction of sp³-hybridized carbons (Fsp3) is 0.250. The third-order valence-corrected chi connectivity index (χ3v) is 7.10. The van der Waals surface area contributed by atoms with E-state index < -0.39 is 16.0 Å². The number of nitrogens with zero attached hydrogens (tertiary/aromatic N) is 3. The summed E-state index contributed by atoms with van der Waals surface area (Å²) in [7, 11) is -0.615. The molecule has 0 aliphatic heterocycles. The van der Waals surface area contributed by atoms with E-state index in [1.165, 1.54) is 20.4 Å². The van der Waals surface area contributed by atoms with Crippen molar-refractivity contribution in [2.75, 3.05) is 14.1 Å². The zero-order valence-corrected chi connectivity index (χ0v) is 19.5. The van der Waals surface area contributed by atoms with Gasteiger partial charge < -0.3 is 13.7 Å². The van der Waals surface area contributed by atoms with Gasteiger partial charge in [0.15, 0.2) is 0 Å². The number of hydrogen-bond acceptors (Lipinski definition) is 6. The van der Waals surface area contributed by atoms with Gasteiger partial charge in [0.2, 0.25) is 15.8 Å². The Bertz CT molecular complexity index is 1390. The van der Waals surface area contributed by atoms with Crippen molar-refractivity contribution >= 4 is 27.0 Å². The Hall–Kier alpha value is -3.43. The minimum Gasteiger partial charge on any atom is -0.457 e. The highest BCUT2D eigenvalue weighted by Crippen LogP contribution is 2.26. The highest BCUT2D eigenvalue weighted by molar-refractivity contribution is 7.89. The molecule has 8 nitrogen and oxygen atoms in total. The summed E-state index contributed by atoms with van der Waals surface area (Å²) in [6.07, 6.45) is 2.29. The van der Waals surface area contributed by atoms with Gasteiger partial charge in [-0.05, 0) is 36.2 Å². The molecule has 0 saturated heterocycles. The van der Waals surface area contributed by atoms with E-state index in [9.17, 15) is 13.2 Å². The van der Waals surface area contributed by atoms with Crippen LogP contribution in [0.4, 0.5) is 0 Å². The summed E-state index contributed by atoms with van der Waals surface area (Å²) in [5.74, 6) is 0.0657. The maximum atomic E-state index is 12.8. The van der Waals surface area contributed by atoms with Crippen LogP contribution in [0.3, 0.4) is 0 Å². The molecule has 2 heterocycles. The van der Waals surface area contributed by atoms with E-state index >= 15 is 0 Å². The predicted octanol–water partition coefficient (Wildman–Crippen LogP) is 4.31. The van der Waals surface area contributed by atoms with Gasteiger partial charge in [0, 0.05) is 26.2 Å². The van der Waals surface area contributed by atoms with Gasteiger partial charge in [-0.15, -0.1) is 0 Å². The van der Waals surface area contributed by atoms with E-state index in [2.05, 4.69) is 4.98 Å². The van der Waals surface area contributed by atoms with E-state index in [0.29, 0.717) is 23.4 Å². The van der Waals surface area contributed by atoms with Gasteiger partial charge in [0.25, 0.3) is 0 Å². The first kappa shape index (κ1) is 22.8. The van der Waals surface area contributed by atoms with Crippen LogP contribution in [0.15, 0.2) is 70.2 Å². The van der Waals surface area contributed by atoms with Gasteiger partial charge in [-0.2, -0.15) is 0 Å². The smallest absolute Gasteiger partial charge is 0.375 e. The van der Waals surface area contributed by atoms with Crippen molar-refractivity contribution in [2.45, 2.75) is 31.4 Å². The number of ether oxygens (including phenoxy) is 1. The van der Waals surface area contributed by atoms with Gasteiger partial charge in [0.05, 0.1) is 22.2 Å². The minimum absolute atomic E-state index is 0.0712. The molecule has 0 spiro atoms. The number of furan rings is 1. The SMILES string of the molecule is CCCn1c(COC(=O)c2occc2-c2ccccc2)nc2cc(S(=O)(=O)N(C)C)ccc21. The second-order valence-electron chi connectivity index (χ2n) is 7.72. The van der Waals surface area contributed by atoms with Crippen LogP contribution in [0.25, 0.3) is 22.2 Å². The van der Waals surface area contributed by atoms with Crippen LogP contribution < -0.4 is 0 Å². The summed E-state index contributed by atoms with van der Waals surface area (Å²) < 4.78 is 39.1. The Morgan fingerprint density at radius 1 is 1.12 bits per heavy atom. The molecule has 0 radical (unpaired) electrons. The average molecular weight is 468 g/mol. The normalized spacial score (nSPS) is 11.9. The first-order valence-corrected chi connectivity index (χ1v) is 12.0. The molecule has 2 aromatic heterocycles. The second-order valence-corrected chi connectivity index (χ2v) is 9.88. The molecule has 0 amide bonds. The van der Waals surface area contributed by atoms with Crippen LogP contribution in [0.5, 0.6) is 0 Å². The Morgan fingerprint density at radius 2 is 1.88 bits per heavy atom. The van der Waals surface area contributed by atoms with Gasteiger partial charge in [0.1, 0.15) is 12.4 Å². The van der Waals surface area contributed by atoms with Gasteiger partial charge >= 0.3 is 5.97 Å². The summed E-state index contributed by atoms with van der Waals surface area (Å²) in [4.78, 5) is 17.5. The van der Waals surface area contributed by atoms with E-state index in [-0.39, 0.29) is 17.3 Å². The zero-order chi connectivity index (χ0) is 23.6. The van der Waals surface area contributed by atoms with Crippen molar-refractivity contribution < 1.29 is 22.4 Å². The molecular weight excluding hydrogens is 442 g/mol. The number of esters is 1. The quantitative estimate of drug-likeness (QED) is 0.358. The minimum atomic E-state index is -3.58. The van der Waals surface area contributed by atoms with Crippen LogP contribution in [-0.4, -0.2) is 42.3 Å². The molecule has 0 aliphatic carbocycles. The average Bonchev–Trinajstić information content (AvgIpc) is 3.43. The predicted molar refractivity (Wildman–Crippen MR) is 124 cm³/mol. The molecule has 0 bridgehead atoms. The molecule has 4 rings (SSSR count). The number of carbonyl (C=O) groups excluding carboxylic acids is 1. The number of aromatic nitrogens is 2. The molecule has 0 saturated carbocycles. The molecular formula is C24H25N3O5S. The lowest BCUT2D eigenvalue weighted by molar-refractivity contribution is 0.0423. The number of imidazole rings is 1. The summed E-state index contributed by atoms with van der Waals surface area (Å²) in [5, 5.41) is 0. The van der Waals surface area contributed by atoms with Crippen molar-refractivity contribution in [3.63, 3.8) is 0 Å². The molecule has 9 heteroatoms. The van der Waals surface area contributed by atoms with Crippen LogP contribution in [-0.2, 0) is 27.9 Å².